The van der Waals surface area contributed by atoms with E-state index in [0.717, 1.165) is 56.3 Å². The lowest BCUT2D eigenvalue weighted by molar-refractivity contribution is -0.139. The van der Waals surface area contributed by atoms with E-state index in [0.29, 0.717) is 30.7 Å². The van der Waals surface area contributed by atoms with Gasteiger partial charge in [0.2, 0.25) is 5.91 Å². The molecule has 1 saturated heterocycles. The van der Waals surface area contributed by atoms with E-state index >= 15 is 4.39 Å². The summed E-state index contributed by atoms with van der Waals surface area (Å²) in [5.74, 6) is -0.275. The summed E-state index contributed by atoms with van der Waals surface area (Å²) in [6.45, 7) is 6.81. The maximum atomic E-state index is 15.5. The Bertz CT molecular complexity index is 1090. The molecule has 5 nitrogen and oxygen atoms in total. The predicted molar refractivity (Wildman–Crippen MR) is 146 cm³/mol. The number of carbonyl (C=O) groups excluding carboxylic acids is 1. The van der Waals surface area contributed by atoms with Crippen LogP contribution in [0.3, 0.4) is 0 Å². The second-order valence-corrected chi connectivity index (χ2v) is 11.5. The molecule has 1 saturated carbocycles. The van der Waals surface area contributed by atoms with Crippen molar-refractivity contribution < 1.29 is 19.0 Å². The van der Waals surface area contributed by atoms with Crippen LogP contribution in [0.1, 0.15) is 56.6 Å². The molecule has 1 aliphatic carbocycles. The Balaban J connectivity index is 1.67. The van der Waals surface area contributed by atoms with Crippen LogP contribution >= 0.6 is 0 Å². The Morgan fingerprint density at radius 2 is 2.05 bits per heavy atom. The van der Waals surface area contributed by atoms with Crippen LogP contribution in [0, 0.1) is 30.0 Å². The maximum absolute atomic E-state index is 15.5. The molecule has 4 unspecified atom stereocenters. The maximum Gasteiger partial charge on any atom is 0.226 e. The number of unbranched alkanes of at least 4 members (excludes halogenated alkanes) is 1. The van der Waals surface area contributed by atoms with Crippen LogP contribution in [-0.4, -0.2) is 56.3 Å². The van der Waals surface area contributed by atoms with Gasteiger partial charge in [-0.1, -0.05) is 48.9 Å². The van der Waals surface area contributed by atoms with E-state index in [1.54, 1.807) is 13.2 Å². The summed E-state index contributed by atoms with van der Waals surface area (Å²) >= 11 is 0. The number of nitrogens with one attached hydrogen (secondary N) is 1. The fourth-order valence-corrected chi connectivity index (χ4v) is 6.36. The van der Waals surface area contributed by atoms with Gasteiger partial charge >= 0.3 is 0 Å². The highest BCUT2D eigenvalue weighted by molar-refractivity contribution is 5.83. The monoisotopic (exact) mass is 510 g/mol. The average Bonchev–Trinajstić information content (AvgIpc) is 3.56. The van der Waals surface area contributed by atoms with Crippen molar-refractivity contribution in [3.05, 3.63) is 59.4 Å². The van der Waals surface area contributed by atoms with Gasteiger partial charge in [0.15, 0.2) is 0 Å². The van der Waals surface area contributed by atoms with Gasteiger partial charge in [0.25, 0.3) is 0 Å². The number of likely N-dealkylation sites (tertiary alicyclic amines) is 1. The first-order valence-corrected chi connectivity index (χ1v) is 13.7. The molecule has 1 aliphatic heterocycles. The minimum absolute atomic E-state index is 0.0100. The Morgan fingerprint density at radius 3 is 2.78 bits per heavy atom. The number of nitrogens with zero attached hydrogens (tertiary/aromatic N) is 1. The zero-order valence-electron chi connectivity index (χ0n) is 22.9. The number of hydrogen-bond acceptors (Lipinski definition) is 4. The number of aryl methyl sites for hydroxylation is 1. The first-order valence-electron chi connectivity index (χ1n) is 13.7. The van der Waals surface area contributed by atoms with Gasteiger partial charge in [0.05, 0.1) is 5.60 Å². The second-order valence-electron chi connectivity index (χ2n) is 11.5. The molecule has 6 heteroatoms. The van der Waals surface area contributed by atoms with Crippen molar-refractivity contribution in [1.29, 1.82) is 0 Å². The third-order valence-corrected chi connectivity index (χ3v) is 8.58. The summed E-state index contributed by atoms with van der Waals surface area (Å²) in [6.07, 6.45) is 4.59. The molecule has 0 spiro atoms. The van der Waals surface area contributed by atoms with Gasteiger partial charge in [0, 0.05) is 50.8 Å². The highest BCUT2D eigenvalue weighted by Crippen LogP contribution is 2.53. The van der Waals surface area contributed by atoms with E-state index in [-0.39, 0.29) is 29.0 Å². The number of halogens is 1. The molecular formula is C31H43FN2O3. The number of piperidine rings is 1. The largest absolute Gasteiger partial charge is 0.385 e. The van der Waals surface area contributed by atoms with Crippen molar-refractivity contribution in [3.8, 4) is 11.1 Å². The van der Waals surface area contributed by atoms with E-state index in [4.69, 9.17) is 4.74 Å². The third kappa shape index (κ3) is 5.92. The summed E-state index contributed by atoms with van der Waals surface area (Å²) < 4.78 is 20.7. The van der Waals surface area contributed by atoms with E-state index in [2.05, 4.69) is 12.2 Å². The number of carbonyl (C=O) groups is 1. The molecule has 2 aromatic carbocycles. The topological polar surface area (TPSA) is 61.8 Å². The average molecular weight is 511 g/mol. The van der Waals surface area contributed by atoms with Crippen molar-refractivity contribution in [2.24, 2.45) is 17.3 Å². The van der Waals surface area contributed by atoms with Crippen molar-refractivity contribution >= 4 is 5.91 Å². The Kier molecular flexibility index (Phi) is 8.72. The van der Waals surface area contributed by atoms with Crippen LogP contribution in [0.4, 0.5) is 4.39 Å². The number of aliphatic hydroxyl groups is 1. The van der Waals surface area contributed by atoms with Gasteiger partial charge in [-0.25, -0.2) is 4.39 Å². The van der Waals surface area contributed by atoms with Crippen molar-refractivity contribution in [2.75, 3.05) is 40.4 Å². The summed E-state index contributed by atoms with van der Waals surface area (Å²) in [4.78, 5) is 15.4. The van der Waals surface area contributed by atoms with E-state index in [1.807, 2.05) is 49.2 Å². The van der Waals surface area contributed by atoms with Crippen LogP contribution in [0.2, 0.25) is 0 Å². The molecule has 2 fully saturated rings. The first kappa shape index (κ1) is 27.7. The van der Waals surface area contributed by atoms with Crippen LogP contribution < -0.4 is 5.32 Å². The molecule has 2 aromatic rings. The zero-order chi connectivity index (χ0) is 26.6. The fraction of sp³-hybridized carbons (Fsp3) is 0.581. The van der Waals surface area contributed by atoms with Crippen molar-refractivity contribution in [1.82, 2.24) is 10.2 Å². The lowest BCUT2D eigenvalue weighted by Gasteiger charge is -2.44. The quantitative estimate of drug-likeness (QED) is 0.403. The Morgan fingerprint density at radius 1 is 1.27 bits per heavy atom. The Hall–Kier alpha value is -2.28. The molecule has 1 amide bonds. The zero-order valence-corrected chi connectivity index (χ0v) is 22.9. The van der Waals surface area contributed by atoms with Gasteiger partial charge in [0.1, 0.15) is 5.82 Å². The Labute approximate surface area is 221 Å². The molecule has 0 radical (unpaired) electrons. The SMILES string of the molecule is CNCC1(C)CC1C(=O)N1CCCC(C(O)(CCCCOC)c2cccc(F)c2-c2cccc(C)c2)C1. The van der Waals surface area contributed by atoms with Crippen LogP contribution in [0.5, 0.6) is 0 Å². The molecule has 4 rings (SSSR count). The highest BCUT2D eigenvalue weighted by atomic mass is 19.1. The molecular weight excluding hydrogens is 467 g/mol. The van der Waals surface area contributed by atoms with Gasteiger partial charge < -0.3 is 20.1 Å². The van der Waals surface area contributed by atoms with Crippen LogP contribution in [0.25, 0.3) is 11.1 Å². The van der Waals surface area contributed by atoms with E-state index in [9.17, 15) is 9.90 Å². The molecule has 1 heterocycles. The molecule has 4 atom stereocenters. The molecule has 0 bridgehead atoms. The highest BCUT2D eigenvalue weighted by Gasteiger charge is 2.55. The van der Waals surface area contributed by atoms with Gasteiger partial charge in [-0.15, -0.1) is 0 Å². The van der Waals surface area contributed by atoms with E-state index < -0.39 is 5.60 Å². The normalized spacial score (nSPS) is 25.1. The smallest absolute Gasteiger partial charge is 0.226 e. The minimum Gasteiger partial charge on any atom is -0.385 e. The fourth-order valence-electron chi connectivity index (χ4n) is 6.36. The standard InChI is InChI=1S/C31H43FN2O3/c1-22-10-7-11-23(18-22)28-25(13-8-14-27(28)32)31(36,15-5-6-17-37-4)24-12-9-16-34(20-24)29(35)26-19-30(26,2)21-33-3/h7-8,10-11,13-14,18,24,26,33,36H,5-6,9,12,15-17,19-21H2,1-4H3. The molecule has 2 aliphatic rings. The minimum atomic E-state index is -1.26. The summed E-state index contributed by atoms with van der Waals surface area (Å²) in [6, 6.07) is 12.8. The lowest BCUT2D eigenvalue weighted by atomic mass is 9.72. The number of methoxy groups -OCH3 is 1. The van der Waals surface area contributed by atoms with Crippen LogP contribution in [-0.2, 0) is 15.1 Å². The number of amides is 1. The lowest BCUT2D eigenvalue weighted by Crippen LogP contribution is -2.49. The van der Waals surface area contributed by atoms with Gasteiger partial charge in [-0.3, -0.25) is 4.79 Å². The van der Waals surface area contributed by atoms with Crippen LogP contribution in [0.15, 0.2) is 42.5 Å². The molecule has 202 valence electrons. The molecule has 2 N–H and O–H groups in total. The molecule has 0 aromatic heterocycles. The van der Waals surface area contributed by atoms with Gasteiger partial charge in [-0.05, 0) is 75.1 Å². The summed E-state index contributed by atoms with van der Waals surface area (Å²) in [5.41, 5.74) is 1.66. The van der Waals surface area contributed by atoms with Gasteiger partial charge in [-0.2, -0.15) is 0 Å². The van der Waals surface area contributed by atoms with E-state index in [1.165, 1.54) is 6.07 Å². The number of benzene rings is 2. The predicted octanol–water partition coefficient (Wildman–Crippen LogP) is 5.29. The number of hydrogen-bond donors (Lipinski definition) is 2. The van der Waals surface area contributed by atoms with Crippen molar-refractivity contribution in [2.45, 2.75) is 58.0 Å². The molecule has 37 heavy (non-hydrogen) atoms. The summed E-state index contributed by atoms with van der Waals surface area (Å²) in [7, 11) is 3.61. The van der Waals surface area contributed by atoms with Crippen molar-refractivity contribution in [3.63, 3.8) is 0 Å². The second kappa shape index (κ2) is 11.6. The summed E-state index contributed by atoms with van der Waals surface area (Å²) in [5, 5.41) is 15.7. The number of rotatable bonds is 11. The first-order chi connectivity index (χ1) is 17.7. The third-order valence-electron chi connectivity index (χ3n) is 8.58. The number of ether oxygens (including phenoxy) is 1.